The molecule has 1 saturated carbocycles. The van der Waals surface area contributed by atoms with E-state index in [2.05, 4.69) is 5.32 Å². The molecule has 2 unspecified atom stereocenters. The van der Waals surface area contributed by atoms with Gasteiger partial charge in [0.25, 0.3) is 0 Å². The first kappa shape index (κ1) is 12.8. The van der Waals surface area contributed by atoms with Crippen molar-refractivity contribution < 1.29 is 4.39 Å². The summed E-state index contributed by atoms with van der Waals surface area (Å²) < 4.78 is 13.3. The van der Waals surface area contributed by atoms with Gasteiger partial charge in [-0.1, -0.05) is 24.4 Å². The summed E-state index contributed by atoms with van der Waals surface area (Å²) >= 11 is 6.21. The Morgan fingerprint density at radius 3 is 2.88 bits per heavy atom. The zero-order valence-electron chi connectivity index (χ0n) is 10.2. The predicted molar refractivity (Wildman–Crippen MR) is 70.0 cm³/mol. The molecule has 0 saturated heterocycles. The molecule has 1 nitrogen and oxygen atoms in total. The number of benzene rings is 1. The average molecular weight is 256 g/mol. The molecule has 1 aromatic carbocycles. The smallest absolute Gasteiger partial charge is 0.123 e. The van der Waals surface area contributed by atoms with Crippen molar-refractivity contribution in [3.8, 4) is 0 Å². The van der Waals surface area contributed by atoms with E-state index in [9.17, 15) is 4.39 Å². The Morgan fingerprint density at radius 2 is 2.12 bits per heavy atom. The van der Waals surface area contributed by atoms with Gasteiger partial charge in [-0.15, -0.1) is 0 Å². The molecule has 3 heteroatoms. The minimum atomic E-state index is -0.182. The molecule has 0 radical (unpaired) electrons. The molecule has 1 N–H and O–H groups in total. The number of nitrogens with one attached hydrogen (secondary N) is 1. The minimum Gasteiger partial charge on any atom is -0.319 e. The van der Waals surface area contributed by atoms with Gasteiger partial charge in [-0.05, 0) is 62.0 Å². The summed E-state index contributed by atoms with van der Waals surface area (Å²) in [5, 5.41) is 3.94. The van der Waals surface area contributed by atoms with Crippen molar-refractivity contribution in [2.45, 2.75) is 31.6 Å². The van der Waals surface area contributed by atoms with Crippen molar-refractivity contribution in [3.05, 3.63) is 34.6 Å². The first-order chi connectivity index (χ1) is 8.22. The molecule has 0 aliphatic heterocycles. The molecule has 17 heavy (non-hydrogen) atoms. The monoisotopic (exact) mass is 255 g/mol. The normalized spacial score (nSPS) is 24.9. The zero-order valence-corrected chi connectivity index (χ0v) is 10.9. The summed E-state index contributed by atoms with van der Waals surface area (Å²) in [6.07, 6.45) is 4.82. The Bertz CT molecular complexity index is 378. The summed E-state index contributed by atoms with van der Waals surface area (Å²) in [6, 6.07) is 4.72. The number of halogens is 2. The molecular formula is C14H19ClFN. The average Bonchev–Trinajstić information content (AvgIpc) is 2.34. The minimum absolute atomic E-state index is 0.182. The van der Waals surface area contributed by atoms with Crippen LogP contribution in [0.4, 0.5) is 4.39 Å². The lowest BCUT2D eigenvalue weighted by atomic mass is 9.75. The van der Waals surface area contributed by atoms with Gasteiger partial charge in [-0.2, -0.15) is 0 Å². The van der Waals surface area contributed by atoms with Crippen molar-refractivity contribution in [1.29, 1.82) is 0 Å². The summed E-state index contributed by atoms with van der Waals surface area (Å²) in [6.45, 7) is 0.984. The largest absolute Gasteiger partial charge is 0.319 e. The number of hydrogen-bond donors (Lipinski definition) is 1. The van der Waals surface area contributed by atoms with E-state index >= 15 is 0 Å². The molecule has 0 heterocycles. The molecule has 0 amide bonds. The second kappa shape index (κ2) is 5.83. The maximum atomic E-state index is 13.3. The topological polar surface area (TPSA) is 12.0 Å². The van der Waals surface area contributed by atoms with E-state index in [4.69, 9.17) is 11.6 Å². The van der Waals surface area contributed by atoms with Gasteiger partial charge in [-0.25, -0.2) is 4.39 Å². The zero-order chi connectivity index (χ0) is 12.3. The number of hydrogen-bond acceptors (Lipinski definition) is 1. The van der Waals surface area contributed by atoms with Gasteiger partial charge in [0.05, 0.1) is 0 Å². The van der Waals surface area contributed by atoms with Gasteiger partial charge >= 0.3 is 0 Å². The Hall–Kier alpha value is -0.600. The summed E-state index contributed by atoms with van der Waals surface area (Å²) in [5.41, 5.74) is 0.992. The standard InChI is InChI=1S/C14H19ClFN/c1-17-9-10-4-2-3-5-12(10)13-8-11(16)6-7-14(13)15/h6-8,10,12,17H,2-5,9H2,1H3. The van der Waals surface area contributed by atoms with Crippen LogP contribution in [0.1, 0.15) is 37.2 Å². The molecule has 2 rings (SSSR count). The molecule has 0 aromatic heterocycles. The van der Waals surface area contributed by atoms with E-state index in [1.165, 1.54) is 25.3 Å². The fraction of sp³-hybridized carbons (Fsp3) is 0.571. The van der Waals surface area contributed by atoms with Gasteiger partial charge in [0.2, 0.25) is 0 Å². The first-order valence-electron chi connectivity index (χ1n) is 6.32. The predicted octanol–water partition coefficient (Wildman–Crippen LogP) is 3.97. The van der Waals surface area contributed by atoms with Crippen molar-refractivity contribution >= 4 is 11.6 Å². The van der Waals surface area contributed by atoms with Crippen molar-refractivity contribution in [3.63, 3.8) is 0 Å². The van der Waals surface area contributed by atoms with Crippen LogP contribution in [-0.4, -0.2) is 13.6 Å². The second-order valence-corrected chi connectivity index (χ2v) is 5.28. The van der Waals surface area contributed by atoms with Crippen LogP contribution in [0.25, 0.3) is 0 Å². The summed E-state index contributed by atoms with van der Waals surface area (Å²) in [7, 11) is 1.97. The summed E-state index contributed by atoms with van der Waals surface area (Å²) in [4.78, 5) is 0. The van der Waals surface area contributed by atoms with Crippen LogP contribution in [0.5, 0.6) is 0 Å². The Kier molecular flexibility index (Phi) is 4.41. The van der Waals surface area contributed by atoms with Crippen molar-refractivity contribution in [1.82, 2.24) is 5.32 Å². The maximum absolute atomic E-state index is 13.3. The highest BCUT2D eigenvalue weighted by atomic mass is 35.5. The molecule has 1 aliphatic carbocycles. The van der Waals surface area contributed by atoms with E-state index in [-0.39, 0.29) is 5.82 Å². The van der Waals surface area contributed by atoms with Gasteiger partial charge in [0.1, 0.15) is 5.82 Å². The third kappa shape index (κ3) is 2.99. The van der Waals surface area contributed by atoms with E-state index in [0.29, 0.717) is 16.9 Å². The van der Waals surface area contributed by atoms with Crippen LogP contribution in [-0.2, 0) is 0 Å². The first-order valence-corrected chi connectivity index (χ1v) is 6.69. The Morgan fingerprint density at radius 1 is 1.35 bits per heavy atom. The van der Waals surface area contributed by atoms with Crippen LogP contribution in [0.3, 0.4) is 0 Å². The van der Waals surface area contributed by atoms with Gasteiger partial charge in [0, 0.05) is 5.02 Å². The fourth-order valence-corrected chi connectivity index (χ4v) is 3.18. The van der Waals surface area contributed by atoms with Crippen LogP contribution in [0.15, 0.2) is 18.2 Å². The molecule has 2 atom stereocenters. The van der Waals surface area contributed by atoms with E-state index in [1.54, 1.807) is 12.1 Å². The van der Waals surface area contributed by atoms with Crippen LogP contribution in [0, 0.1) is 11.7 Å². The Labute approximate surface area is 107 Å². The van der Waals surface area contributed by atoms with Crippen molar-refractivity contribution in [2.75, 3.05) is 13.6 Å². The molecular weight excluding hydrogens is 237 g/mol. The lowest BCUT2D eigenvalue weighted by Crippen LogP contribution is -2.27. The third-order valence-corrected chi connectivity index (χ3v) is 4.08. The van der Waals surface area contributed by atoms with Gasteiger partial charge in [0.15, 0.2) is 0 Å². The molecule has 94 valence electrons. The fourth-order valence-electron chi connectivity index (χ4n) is 2.92. The van der Waals surface area contributed by atoms with Crippen LogP contribution < -0.4 is 5.32 Å². The van der Waals surface area contributed by atoms with E-state index in [0.717, 1.165) is 18.5 Å². The quantitative estimate of drug-likeness (QED) is 0.862. The second-order valence-electron chi connectivity index (χ2n) is 4.87. The summed E-state index contributed by atoms with van der Waals surface area (Å²) in [5.74, 6) is 0.797. The van der Waals surface area contributed by atoms with Gasteiger partial charge in [-0.3, -0.25) is 0 Å². The highest BCUT2D eigenvalue weighted by Crippen LogP contribution is 2.40. The van der Waals surface area contributed by atoms with Gasteiger partial charge < -0.3 is 5.32 Å². The molecule has 1 aliphatic rings. The SMILES string of the molecule is CNCC1CCCCC1c1cc(F)ccc1Cl. The highest BCUT2D eigenvalue weighted by molar-refractivity contribution is 6.31. The molecule has 0 spiro atoms. The van der Waals surface area contributed by atoms with Crippen LogP contribution in [0.2, 0.25) is 5.02 Å². The van der Waals surface area contributed by atoms with E-state index in [1.807, 2.05) is 7.05 Å². The maximum Gasteiger partial charge on any atom is 0.123 e. The third-order valence-electron chi connectivity index (χ3n) is 3.73. The lowest BCUT2D eigenvalue weighted by Gasteiger charge is -2.32. The molecule has 1 aromatic rings. The lowest BCUT2D eigenvalue weighted by molar-refractivity contribution is 0.300. The van der Waals surface area contributed by atoms with Crippen LogP contribution >= 0.6 is 11.6 Å². The highest BCUT2D eigenvalue weighted by Gasteiger charge is 2.27. The molecule has 1 fully saturated rings. The molecule has 0 bridgehead atoms. The van der Waals surface area contributed by atoms with E-state index < -0.39 is 0 Å². The Balaban J connectivity index is 2.25. The number of rotatable bonds is 3. The van der Waals surface area contributed by atoms with Crippen molar-refractivity contribution in [2.24, 2.45) is 5.92 Å².